The molecule has 13 heteroatoms. The van der Waals surface area contributed by atoms with Crippen LogP contribution in [0.1, 0.15) is 11.1 Å². The summed E-state index contributed by atoms with van der Waals surface area (Å²) in [4.78, 5) is 26.0. The second-order valence-corrected chi connectivity index (χ2v) is 11.6. The van der Waals surface area contributed by atoms with Gasteiger partial charge >= 0.3 is 0 Å². The highest BCUT2D eigenvalue weighted by atomic mass is 35.5. The minimum absolute atomic E-state index is 0.0147. The van der Waals surface area contributed by atoms with Crippen molar-refractivity contribution in [2.45, 2.75) is 0 Å². The molecule has 0 fully saturated rings. The Morgan fingerprint density at radius 1 is 1.08 bits per heavy atom. The summed E-state index contributed by atoms with van der Waals surface area (Å²) in [6, 6.07) is 15.9. The predicted octanol–water partition coefficient (Wildman–Crippen LogP) is 4.09. The zero-order valence-electron chi connectivity index (χ0n) is 21.4. The fourth-order valence-electron chi connectivity index (χ4n) is 4.16. The molecule has 0 aliphatic carbocycles. The average Bonchev–Trinajstić information content (AvgIpc) is 3.17. The SMILES string of the molecule is CN(C)CCN(c1ccc(N/C(=C2\C(=O)Nc3cc(Cl)ccc32)c2ccc(N)c([N+](=O)[O-])c2)cc1)S(C)(=O)=O. The molecule has 0 spiro atoms. The number of likely N-dealkylation sites (N-methyl/N-ethyl adjacent to an activating group) is 1. The fourth-order valence-corrected chi connectivity index (χ4v) is 5.25. The van der Waals surface area contributed by atoms with Gasteiger partial charge in [0.15, 0.2) is 0 Å². The molecule has 0 atom stereocenters. The summed E-state index contributed by atoms with van der Waals surface area (Å²) in [5.74, 6) is -0.419. The smallest absolute Gasteiger partial charge is 0.292 e. The van der Waals surface area contributed by atoms with Gasteiger partial charge < -0.3 is 21.3 Å². The molecule has 4 rings (SSSR count). The highest BCUT2D eigenvalue weighted by molar-refractivity contribution is 7.92. The van der Waals surface area contributed by atoms with Gasteiger partial charge in [0.05, 0.1) is 33.8 Å². The molecule has 3 aromatic rings. The molecule has 1 aliphatic heterocycles. The van der Waals surface area contributed by atoms with E-state index in [1.165, 1.54) is 16.4 Å². The van der Waals surface area contributed by atoms with Crippen molar-refractivity contribution >= 4 is 67.2 Å². The first-order valence-electron chi connectivity index (χ1n) is 11.7. The maximum absolute atomic E-state index is 13.1. The van der Waals surface area contributed by atoms with Crippen LogP contribution in [-0.4, -0.2) is 57.6 Å². The number of fused-ring (bicyclic) bond motifs is 1. The van der Waals surface area contributed by atoms with E-state index in [2.05, 4.69) is 10.6 Å². The fraction of sp³-hybridized carbons (Fsp3) is 0.192. The van der Waals surface area contributed by atoms with Gasteiger partial charge in [-0.3, -0.25) is 19.2 Å². The Balaban J connectivity index is 1.80. The lowest BCUT2D eigenvalue weighted by Crippen LogP contribution is -2.35. The molecule has 204 valence electrons. The summed E-state index contributed by atoms with van der Waals surface area (Å²) in [7, 11) is 0.184. The van der Waals surface area contributed by atoms with Crippen LogP contribution in [0.25, 0.3) is 11.3 Å². The average molecular weight is 571 g/mol. The molecule has 1 amide bonds. The lowest BCUT2D eigenvalue weighted by atomic mass is 9.99. The highest BCUT2D eigenvalue weighted by Crippen LogP contribution is 2.40. The summed E-state index contributed by atoms with van der Waals surface area (Å²) >= 11 is 6.11. The van der Waals surface area contributed by atoms with Crippen LogP contribution in [0.5, 0.6) is 0 Å². The van der Waals surface area contributed by atoms with Crippen molar-refractivity contribution in [3.63, 3.8) is 0 Å². The number of sulfonamides is 1. The number of amides is 1. The lowest BCUT2D eigenvalue weighted by molar-refractivity contribution is -0.383. The van der Waals surface area contributed by atoms with Gasteiger partial charge in [-0.05, 0) is 56.6 Å². The van der Waals surface area contributed by atoms with Crippen molar-refractivity contribution in [3.8, 4) is 0 Å². The van der Waals surface area contributed by atoms with Crippen LogP contribution in [0.3, 0.4) is 0 Å². The van der Waals surface area contributed by atoms with Crippen LogP contribution in [0, 0.1) is 10.1 Å². The Hall–Kier alpha value is -4.13. The minimum Gasteiger partial charge on any atom is -0.393 e. The summed E-state index contributed by atoms with van der Waals surface area (Å²) in [6.45, 7) is 0.792. The summed E-state index contributed by atoms with van der Waals surface area (Å²) in [5, 5.41) is 18.0. The first-order chi connectivity index (χ1) is 18.3. The number of benzene rings is 3. The number of hydrogen-bond donors (Lipinski definition) is 3. The maximum atomic E-state index is 13.1. The van der Waals surface area contributed by atoms with E-state index in [4.69, 9.17) is 17.3 Å². The number of carbonyl (C=O) groups excluding carboxylic acids is 1. The highest BCUT2D eigenvalue weighted by Gasteiger charge is 2.29. The molecular weight excluding hydrogens is 544 g/mol. The van der Waals surface area contributed by atoms with E-state index in [0.29, 0.717) is 45.5 Å². The van der Waals surface area contributed by atoms with Gasteiger partial charge in [0, 0.05) is 41.0 Å². The van der Waals surface area contributed by atoms with Crippen LogP contribution in [0.2, 0.25) is 5.02 Å². The monoisotopic (exact) mass is 570 g/mol. The van der Waals surface area contributed by atoms with Crippen molar-refractivity contribution < 1.29 is 18.1 Å². The molecule has 39 heavy (non-hydrogen) atoms. The number of nitrogens with zero attached hydrogens (tertiary/aromatic N) is 3. The molecule has 0 saturated carbocycles. The number of anilines is 4. The number of nitrogens with one attached hydrogen (secondary N) is 2. The van der Waals surface area contributed by atoms with Crippen molar-refractivity contribution in [3.05, 3.63) is 86.9 Å². The second kappa shape index (κ2) is 10.9. The molecule has 0 aromatic heterocycles. The summed E-state index contributed by atoms with van der Waals surface area (Å²) in [6.07, 6.45) is 1.15. The van der Waals surface area contributed by atoms with E-state index in [1.807, 2.05) is 19.0 Å². The van der Waals surface area contributed by atoms with Gasteiger partial charge in [-0.15, -0.1) is 0 Å². The summed E-state index contributed by atoms with van der Waals surface area (Å²) in [5.41, 5.74) is 8.48. The summed E-state index contributed by atoms with van der Waals surface area (Å²) < 4.78 is 26.2. The van der Waals surface area contributed by atoms with E-state index in [-0.39, 0.29) is 23.5 Å². The van der Waals surface area contributed by atoms with Gasteiger partial charge in [0.1, 0.15) is 5.69 Å². The van der Waals surface area contributed by atoms with Crippen LogP contribution in [0.15, 0.2) is 60.7 Å². The number of hydrogen-bond acceptors (Lipinski definition) is 8. The zero-order valence-corrected chi connectivity index (χ0v) is 23.0. The Morgan fingerprint density at radius 3 is 2.38 bits per heavy atom. The van der Waals surface area contributed by atoms with Gasteiger partial charge in [-0.1, -0.05) is 23.7 Å². The van der Waals surface area contributed by atoms with E-state index >= 15 is 0 Å². The molecule has 0 saturated heterocycles. The van der Waals surface area contributed by atoms with Gasteiger partial charge in [-0.2, -0.15) is 0 Å². The topological polar surface area (TPSA) is 151 Å². The molecular formula is C26H27ClN6O5S. The molecule has 0 unspecified atom stereocenters. The number of carbonyl (C=O) groups is 1. The maximum Gasteiger partial charge on any atom is 0.292 e. The van der Waals surface area contributed by atoms with Gasteiger partial charge in [0.25, 0.3) is 11.6 Å². The van der Waals surface area contributed by atoms with Crippen LogP contribution >= 0.6 is 11.6 Å². The number of nitro groups is 1. The number of rotatable bonds is 9. The molecule has 0 bridgehead atoms. The largest absolute Gasteiger partial charge is 0.393 e. The van der Waals surface area contributed by atoms with Crippen LogP contribution in [-0.2, 0) is 14.8 Å². The van der Waals surface area contributed by atoms with E-state index in [1.54, 1.807) is 48.5 Å². The quantitative estimate of drug-likeness (QED) is 0.151. The molecule has 1 aliphatic rings. The number of nitrogen functional groups attached to an aromatic ring is 1. The lowest BCUT2D eigenvalue weighted by Gasteiger charge is -2.24. The standard InChI is InChI=1S/C26H27ClN6O5S/c1-31(2)12-13-32(39(3,37)38)19-8-6-18(7-9-19)29-25(16-4-11-21(28)23(14-16)33(35)36)24-20-10-5-17(27)15-22(20)30-26(24)34/h4-11,14-15,29H,12-13,28H2,1-3H3,(H,30,34)/b25-24-. The number of halogens is 1. The Morgan fingerprint density at radius 2 is 1.77 bits per heavy atom. The Bertz CT molecular complexity index is 1590. The van der Waals surface area contributed by atoms with Crippen molar-refractivity contribution in [1.29, 1.82) is 0 Å². The van der Waals surface area contributed by atoms with Crippen LogP contribution in [0.4, 0.5) is 28.4 Å². The van der Waals surface area contributed by atoms with Crippen molar-refractivity contribution in [2.24, 2.45) is 0 Å². The third-order valence-corrected chi connectivity index (χ3v) is 7.50. The normalized spacial score (nSPS) is 14.1. The minimum atomic E-state index is -3.53. The predicted molar refractivity (Wildman–Crippen MR) is 155 cm³/mol. The molecule has 0 radical (unpaired) electrons. The van der Waals surface area contributed by atoms with E-state index < -0.39 is 20.9 Å². The zero-order chi connectivity index (χ0) is 28.5. The van der Waals surface area contributed by atoms with E-state index in [0.717, 1.165) is 6.26 Å². The number of nitro benzene ring substituents is 1. The molecule has 4 N–H and O–H groups in total. The third-order valence-electron chi connectivity index (χ3n) is 6.07. The van der Waals surface area contributed by atoms with Crippen molar-refractivity contribution in [2.75, 3.05) is 54.1 Å². The first-order valence-corrected chi connectivity index (χ1v) is 14.0. The van der Waals surface area contributed by atoms with Gasteiger partial charge in [0.2, 0.25) is 10.0 Å². The number of nitrogens with two attached hydrogens (primary N) is 1. The third kappa shape index (κ3) is 6.14. The van der Waals surface area contributed by atoms with Crippen LogP contribution < -0.4 is 20.7 Å². The molecule has 3 aromatic carbocycles. The molecule has 11 nitrogen and oxygen atoms in total. The van der Waals surface area contributed by atoms with E-state index in [9.17, 15) is 23.3 Å². The Kier molecular flexibility index (Phi) is 7.82. The second-order valence-electron chi connectivity index (χ2n) is 9.24. The van der Waals surface area contributed by atoms with Gasteiger partial charge in [-0.25, -0.2) is 8.42 Å². The first kappa shape index (κ1) is 27.9. The Labute approximate surface area is 231 Å². The van der Waals surface area contributed by atoms with Crippen molar-refractivity contribution in [1.82, 2.24) is 4.90 Å². The molecule has 1 heterocycles.